The summed E-state index contributed by atoms with van der Waals surface area (Å²) in [6, 6.07) is 7.29. The summed E-state index contributed by atoms with van der Waals surface area (Å²) in [5.74, 6) is 0.639. The Morgan fingerprint density at radius 2 is 1.96 bits per heavy atom. The van der Waals surface area contributed by atoms with Gasteiger partial charge in [-0.3, -0.25) is 0 Å². The van der Waals surface area contributed by atoms with Gasteiger partial charge in [0.25, 0.3) is 0 Å². The summed E-state index contributed by atoms with van der Waals surface area (Å²) in [6.45, 7) is 2.48. The number of esters is 1. The van der Waals surface area contributed by atoms with Gasteiger partial charge in [0.15, 0.2) is 5.82 Å². The highest BCUT2D eigenvalue weighted by Gasteiger charge is 2.34. The van der Waals surface area contributed by atoms with E-state index in [2.05, 4.69) is 9.97 Å². The molecule has 6 heteroatoms. The van der Waals surface area contributed by atoms with Gasteiger partial charge in [-0.2, -0.15) is 4.98 Å². The Balaban J connectivity index is 2.12. The standard InChI is InChI=1S/C18H19ClN2O3/c1-3-10-24-17-14(18(22)23-2)15(11-4-5-11)20-16(21-17)12-6-8-13(19)9-7-12/h6-9,11H,3-5,10H2,1-2H3. The molecule has 126 valence electrons. The molecule has 0 radical (unpaired) electrons. The van der Waals surface area contributed by atoms with Crippen molar-refractivity contribution >= 4 is 17.6 Å². The minimum absolute atomic E-state index is 0.261. The van der Waals surface area contributed by atoms with Crippen molar-refractivity contribution < 1.29 is 14.3 Å². The number of hydrogen-bond donors (Lipinski definition) is 0. The Hall–Kier alpha value is -2.14. The average Bonchev–Trinajstić information content (AvgIpc) is 3.44. The second kappa shape index (κ2) is 7.18. The predicted molar refractivity (Wildman–Crippen MR) is 91.6 cm³/mol. The maximum atomic E-state index is 12.2. The largest absolute Gasteiger partial charge is 0.477 e. The zero-order valence-corrected chi connectivity index (χ0v) is 14.5. The molecule has 5 nitrogen and oxygen atoms in total. The second-order valence-electron chi connectivity index (χ2n) is 5.73. The van der Waals surface area contributed by atoms with Crippen LogP contribution in [0.2, 0.25) is 5.02 Å². The molecule has 0 atom stereocenters. The topological polar surface area (TPSA) is 61.3 Å². The van der Waals surface area contributed by atoms with Crippen molar-refractivity contribution in [3.63, 3.8) is 0 Å². The van der Waals surface area contributed by atoms with Crippen LogP contribution in [-0.2, 0) is 4.74 Å². The third-order valence-corrected chi connectivity index (χ3v) is 4.05. The third kappa shape index (κ3) is 3.51. The lowest BCUT2D eigenvalue weighted by Crippen LogP contribution is -2.14. The monoisotopic (exact) mass is 346 g/mol. The highest BCUT2D eigenvalue weighted by molar-refractivity contribution is 6.30. The van der Waals surface area contributed by atoms with E-state index in [1.165, 1.54) is 7.11 Å². The molecule has 0 bridgehead atoms. The van der Waals surface area contributed by atoms with Crippen LogP contribution in [0.3, 0.4) is 0 Å². The Kier molecular flexibility index (Phi) is 5.00. The molecule has 0 spiro atoms. The van der Waals surface area contributed by atoms with Crippen LogP contribution < -0.4 is 4.74 Å². The number of carbonyl (C=O) groups excluding carboxylic acids is 1. The van der Waals surface area contributed by atoms with Gasteiger partial charge in [0, 0.05) is 16.5 Å². The molecule has 1 aliphatic rings. The number of hydrogen-bond acceptors (Lipinski definition) is 5. The molecule has 0 N–H and O–H groups in total. The molecule has 0 saturated heterocycles. The normalized spacial score (nSPS) is 13.6. The molecule has 1 aromatic carbocycles. The van der Waals surface area contributed by atoms with Crippen LogP contribution in [0.25, 0.3) is 11.4 Å². The number of halogens is 1. The van der Waals surface area contributed by atoms with E-state index in [0.717, 1.165) is 24.8 Å². The molecule has 1 heterocycles. The van der Waals surface area contributed by atoms with Crippen LogP contribution >= 0.6 is 11.6 Å². The Labute approximate surface area is 146 Å². The molecule has 3 rings (SSSR count). The van der Waals surface area contributed by atoms with E-state index in [9.17, 15) is 4.79 Å². The van der Waals surface area contributed by atoms with Gasteiger partial charge in [0.2, 0.25) is 5.88 Å². The number of ether oxygens (including phenoxy) is 2. The lowest BCUT2D eigenvalue weighted by molar-refractivity contribution is 0.0592. The smallest absolute Gasteiger partial charge is 0.345 e. The quantitative estimate of drug-likeness (QED) is 0.732. The molecule has 1 saturated carbocycles. The summed E-state index contributed by atoms with van der Waals surface area (Å²) >= 11 is 5.95. The summed E-state index contributed by atoms with van der Waals surface area (Å²) in [6.07, 6.45) is 2.84. The van der Waals surface area contributed by atoms with Crippen LogP contribution in [0.1, 0.15) is 48.2 Å². The van der Waals surface area contributed by atoms with Crippen molar-refractivity contribution in [2.24, 2.45) is 0 Å². The molecule has 0 unspecified atom stereocenters. The molecule has 1 aliphatic carbocycles. The lowest BCUT2D eigenvalue weighted by Gasteiger charge is -2.14. The van der Waals surface area contributed by atoms with Gasteiger partial charge in [-0.15, -0.1) is 0 Å². The van der Waals surface area contributed by atoms with Crippen LogP contribution in [0.5, 0.6) is 5.88 Å². The number of benzene rings is 1. The van der Waals surface area contributed by atoms with Crippen molar-refractivity contribution in [3.8, 4) is 17.3 Å². The van der Waals surface area contributed by atoms with E-state index in [-0.39, 0.29) is 5.92 Å². The summed E-state index contributed by atoms with van der Waals surface area (Å²) in [4.78, 5) is 21.4. The first-order chi connectivity index (χ1) is 11.6. The van der Waals surface area contributed by atoms with Crippen LogP contribution in [0.4, 0.5) is 0 Å². The Morgan fingerprint density at radius 1 is 1.25 bits per heavy atom. The zero-order chi connectivity index (χ0) is 17.1. The summed E-state index contributed by atoms with van der Waals surface area (Å²) < 4.78 is 10.7. The maximum Gasteiger partial charge on any atom is 0.345 e. The Bertz CT molecular complexity index is 743. The summed E-state index contributed by atoms with van der Waals surface area (Å²) in [7, 11) is 1.36. The highest BCUT2D eigenvalue weighted by atomic mass is 35.5. The van der Waals surface area contributed by atoms with Crippen molar-refractivity contribution in [3.05, 3.63) is 40.5 Å². The minimum atomic E-state index is -0.453. The first kappa shape index (κ1) is 16.7. The predicted octanol–water partition coefficient (Wildman–Crippen LogP) is 4.25. The third-order valence-electron chi connectivity index (χ3n) is 3.80. The number of rotatable bonds is 6. The molecular formula is C18H19ClN2O3. The fraction of sp³-hybridized carbons (Fsp3) is 0.389. The van der Waals surface area contributed by atoms with Crippen LogP contribution in [0, 0.1) is 0 Å². The van der Waals surface area contributed by atoms with E-state index in [4.69, 9.17) is 21.1 Å². The van der Waals surface area contributed by atoms with Crippen molar-refractivity contribution in [1.29, 1.82) is 0 Å². The van der Waals surface area contributed by atoms with Gasteiger partial charge in [0.1, 0.15) is 5.56 Å². The fourth-order valence-electron chi connectivity index (χ4n) is 2.43. The zero-order valence-electron chi connectivity index (χ0n) is 13.7. The van der Waals surface area contributed by atoms with Crippen LogP contribution in [-0.4, -0.2) is 29.7 Å². The fourth-order valence-corrected chi connectivity index (χ4v) is 2.56. The van der Waals surface area contributed by atoms with Crippen LogP contribution in [0.15, 0.2) is 24.3 Å². The number of aromatic nitrogens is 2. The summed E-state index contributed by atoms with van der Waals surface area (Å²) in [5.41, 5.74) is 1.90. The summed E-state index contributed by atoms with van der Waals surface area (Å²) in [5, 5.41) is 0.648. The molecule has 1 fully saturated rings. The number of carbonyl (C=O) groups is 1. The van der Waals surface area contributed by atoms with Gasteiger partial charge in [-0.25, -0.2) is 9.78 Å². The van der Waals surface area contributed by atoms with Gasteiger partial charge in [-0.1, -0.05) is 18.5 Å². The Morgan fingerprint density at radius 3 is 2.54 bits per heavy atom. The minimum Gasteiger partial charge on any atom is -0.477 e. The molecule has 2 aromatic rings. The van der Waals surface area contributed by atoms with E-state index in [0.29, 0.717) is 34.6 Å². The number of methoxy groups -OCH3 is 1. The SMILES string of the molecule is CCCOc1nc(-c2ccc(Cl)cc2)nc(C2CC2)c1C(=O)OC. The van der Waals surface area contributed by atoms with Gasteiger partial charge in [-0.05, 0) is 43.5 Å². The van der Waals surface area contributed by atoms with Crippen molar-refractivity contribution in [2.45, 2.75) is 32.1 Å². The molecule has 1 aromatic heterocycles. The highest BCUT2D eigenvalue weighted by Crippen LogP contribution is 2.43. The number of nitrogens with zero attached hydrogens (tertiary/aromatic N) is 2. The molecular weight excluding hydrogens is 328 g/mol. The molecule has 24 heavy (non-hydrogen) atoms. The average molecular weight is 347 g/mol. The first-order valence-electron chi connectivity index (χ1n) is 8.03. The van der Waals surface area contributed by atoms with Gasteiger partial charge < -0.3 is 9.47 Å². The van der Waals surface area contributed by atoms with Crippen molar-refractivity contribution in [1.82, 2.24) is 9.97 Å². The first-order valence-corrected chi connectivity index (χ1v) is 8.40. The maximum absolute atomic E-state index is 12.2. The molecule has 0 aliphatic heterocycles. The van der Waals surface area contributed by atoms with E-state index in [1.54, 1.807) is 12.1 Å². The van der Waals surface area contributed by atoms with Crippen molar-refractivity contribution in [2.75, 3.05) is 13.7 Å². The van der Waals surface area contributed by atoms with E-state index >= 15 is 0 Å². The molecule has 0 amide bonds. The second-order valence-corrected chi connectivity index (χ2v) is 6.17. The van der Waals surface area contributed by atoms with Gasteiger partial charge in [0.05, 0.1) is 19.4 Å². The van der Waals surface area contributed by atoms with E-state index in [1.807, 2.05) is 19.1 Å². The lowest BCUT2D eigenvalue weighted by atomic mass is 10.1. The van der Waals surface area contributed by atoms with Gasteiger partial charge >= 0.3 is 5.97 Å². The van der Waals surface area contributed by atoms with E-state index < -0.39 is 5.97 Å².